The summed E-state index contributed by atoms with van der Waals surface area (Å²) in [6, 6.07) is 3.81. The highest BCUT2D eigenvalue weighted by Crippen LogP contribution is 2.37. The highest BCUT2D eigenvalue weighted by molar-refractivity contribution is 7.89. The number of hydrogen-bond acceptors (Lipinski definition) is 6. The Labute approximate surface area is 256 Å². The summed E-state index contributed by atoms with van der Waals surface area (Å²) in [4.78, 5) is 17.8. The maximum Gasteiger partial charge on any atom is 0.248 e. The third-order valence-electron chi connectivity index (χ3n) is 9.88. The second kappa shape index (κ2) is 15.9. The minimum absolute atomic E-state index is 0.0164. The number of carbonyl (C=O) groups excluding carboxylic acids is 1. The van der Waals surface area contributed by atoms with Gasteiger partial charge in [-0.2, -0.15) is 4.31 Å². The van der Waals surface area contributed by atoms with Crippen molar-refractivity contribution in [3.8, 4) is 5.75 Å². The Hall–Kier alpha value is -1.68. The SMILES string of the molecule is CCN1CCC(C)C(CC2CCCC(N(C)C(=O)COCCN(C)S(=O)(=O)c3c(C)cc(OC)cc3C(C)C)C2)CC1. The molecule has 4 atom stereocenters. The average Bonchev–Trinajstić information content (AvgIpc) is 3.14. The number of likely N-dealkylation sites (N-methyl/N-ethyl adjacent to an activating group) is 2. The van der Waals surface area contributed by atoms with Gasteiger partial charge in [0, 0.05) is 26.7 Å². The predicted molar refractivity (Wildman–Crippen MR) is 170 cm³/mol. The molecule has 42 heavy (non-hydrogen) atoms. The Kier molecular flexibility index (Phi) is 13.2. The number of likely N-dealkylation sites (tertiary alicyclic amines) is 1. The Morgan fingerprint density at radius 3 is 2.50 bits per heavy atom. The molecule has 3 rings (SSSR count). The predicted octanol–water partition coefficient (Wildman–Crippen LogP) is 5.54. The zero-order valence-electron chi connectivity index (χ0n) is 27.5. The molecule has 1 aromatic carbocycles. The largest absolute Gasteiger partial charge is 0.497 e. The number of benzene rings is 1. The number of methoxy groups -OCH3 is 1. The number of rotatable bonds is 13. The van der Waals surface area contributed by atoms with Crippen LogP contribution in [0.3, 0.4) is 0 Å². The van der Waals surface area contributed by atoms with Crippen molar-refractivity contribution in [2.75, 3.05) is 60.6 Å². The molecule has 1 amide bonds. The second-order valence-electron chi connectivity index (χ2n) is 13.1. The number of carbonyl (C=O) groups is 1. The third-order valence-corrected chi connectivity index (χ3v) is 12.0. The van der Waals surface area contributed by atoms with Gasteiger partial charge < -0.3 is 19.3 Å². The molecular weight excluding hydrogens is 550 g/mol. The van der Waals surface area contributed by atoms with Gasteiger partial charge in [-0.1, -0.05) is 40.5 Å². The second-order valence-corrected chi connectivity index (χ2v) is 15.1. The fourth-order valence-electron chi connectivity index (χ4n) is 6.89. The molecule has 1 aliphatic heterocycles. The normalized spacial score (nSPS) is 24.1. The standard InChI is InChI=1S/C33H57N3O5S/c1-9-36-15-13-25(4)28(14-16-36)20-27-11-10-12-29(21-27)35(7)32(37)23-41-18-17-34(6)42(38,39)33-26(5)19-30(40-8)22-31(33)24(2)3/h19,22,24-25,27-29H,9-18,20-21,23H2,1-8H3. The molecule has 0 bridgehead atoms. The van der Waals surface area contributed by atoms with Crippen LogP contribution in [0.4, 0.5) is 0 Å². The maximum atomic E-state index is 13.5. The van der Waals surface area contributed by atoms with Gasteiger partial charge in [0.25, 0.3) is 0 Å². The smallest absolute Gasteiger partial charge is 0.248 e. The summed E-state index contributed by atoms with van der Waals surface area (Å²) in [5.41, 5.74) is 1.39. The number of amides is 1. The van der Waals surface area contributed by atoms with Crippen LogP contribution >= 0.6 is 0 Å². The Morgan fingerprint density at radius 2 is 1.83 bits per heavy atom. The molecule has 0 radical (unpaired) electrons. The van der Waals surface area contributed by atoms with Crippen molar-refractivity contribution in [2.45, 2.75) is 96.4 Å². The molecular formula is C33H57N3O5S. The van der Waals surface area contributed by atoms with Crippen molar-refractivity contribution in [3.05, 3.63) is 23.3 Å². The van der Waals surface area contributed by atoms with E-state index in [1.54, 1.807) is 33.2 Å². The van der Waals surface area contributed by atoms with Gasteiger partial charge in [0.1, 0.15) is 12.4 Å². The van der Waals surface area contributed by atoms with Crippen molar-refractivity contribution in [1.29, 1.82) is 0 Å². The molecule has 9 heteroatoms. The lowest BCUT2D eigenvalue weighted by Crippen LogP contribution is -2.42. The number of nitrogens with zero attached hydrogens (tertiary/aromatic N) is 3. The van der Waals surface area contributed by atoms with Gasteiger partial charge >= 0.3 is 0 Å². The number of sulfonamides is 1. The zero-order valence-corrected chi connectivity index (χ0v) is 28.3. The number of hydrogen-bond donors (Lipinski definition) is 0. The van der Waals surface area contributed by atoms with Crippen LogP contribution in [-0.4, -0.2) is 95.1 Å². The molecule has 4 unspecified atom stereocenters. The topological polar surface area (TPSA) is 79.4 Å². The first kappa shape index (κ1) is 34.8. The van der Waals surface area contributed by atoms with Crippen LogP contribution in [0.25, 0.3) is 0 Å². The molecule has 2 aliphatic rings. The Balaban J connectivity index is 1.49. The van der Waals surface area contributed by atoms with Gasteiger partial charge in [0.05, 0.1) is 18.6 Å². The first-order valence-electron chi connectivity index (χ1n) is 16.1. The lowest BCUT2D eigenvalue weighted by atomic mass is 9.75. The van der Waals surface area contributed by atoms with Crippen molar-refractivity contribution in [2.24, 2.45) is 17.8 Å². The van der Waals surface area contributed by atoms with Crippen molar-refractivity contribution in [1.82, 2.24) is 14.1 Å². The highest BCUT2D eigenvalue weighted by atomic mass is 32.2. The summed E-state index contributed by atoms with van der Waals surface area (Å²) in [7, 11) is 1.32. The van der Waals surface area contributed by atoms with E-state index in [9.17, 15) is 13.2 Å². The van der Waals surface area contributed by atoms with E-state index >= 15 is 0 Å². The fourth-order valence-corrected chi connectivity index (χ4v) is 8.57. The quantitative estimate of drug-likeness (QED) is 0.274. The molecule has 1 heterocycles. The van der Waals surface area contributed by atoms with Crippen LogP contribution in [0.2, 0.25) is 0 Å². The lowest BCUT2D eigenvalue weighted by Gasteiger charge is -2.37. The minimum Gasteiger partial charge on any atom is -0.497 e. The summed E-state index contributed by atoms with van der Waals surface area (Å²) < 4.78 is 39.5. The molecule has 0 aromatic heterocycles. The average molecular weight is 608 g/mol. The molecule has 2 fully saturated rings. The van der Waals surface area contributed by atoms with E-state index < -0.39 is 10.0 Å². The molecule has 1 aromatic rings. The fraction of sp³-hybridized carbons (Fsp3) is 0.788. The van der Waals surface area contributed by atoms with Gasteiger partial charge in [-0.3, -0.25) is 4.79 Å². The molecule has 1 saturated carbocycles. The van der Waals surface area contributed by atoms with E-state index in [2.05, 4.69) is 18.7 Å². The Bertz CT molecular complexity index is 1120. The third kappa shape index (κ3) is 8.93. The van der Waals surface area contributed by atoms with Gasteiger partial charge in [0.15, 0.2) is 0 Å². The van der Waals surface area contributed by atoms with E-state index in [4.69, 9.17) is 9.47 Å². The van der Waals surface area contributed by atoms with Gasteiger partial charge in [-0.15, -0.1) is 0 Å². The van der Waals surface area contributed by atoms with Crippen molar-refractivity contribution >= 4 is 15.9 Å². The summed E-state index contributed by atoms with van der Waals surface area (Å²) >= 11 is 0. The van der Waals surface area contributed by atoms with Crippen molar-refractivity contribution in [3.63, 3.8) is 0 Å². The van der Waals surface area contributed by atoms with E-state index in [1.807, 2.05) is 25.8 Å². The molecule has 1 aliphatic carbocycles. The van der Waals surface area contributed by atoms with E-state index in [0.29, 0.717) is 22.1 Å². The van der Waals surface area contributed by atoms with Gasteiger partial charge in [-0.25, -0.2) is 8.42 Å². The van der Waals surface area contributed by atoms with E-state index in [0.717, 1.165) is 36.8 Å². The van der Waals surface area contributed by atoms with Crippen LogP contribution in [0.1, 0.15) is 89.7 Å². The lowest BCUT2D eigenvalue weighted by molar-refractivity contribution is -0.137. The van der Waals surface area contributed by atoms with Crippen LogP contribution < -0.4 is 4.74 Å². The molecule has 240 valence electrons. The summed E-state index contributed by atoms with van der Waals surface area (Å²) in [6.07, 6.45) is 8.41. The molecule has 1 saturated heterocycles. The van der Waals surface area contributed by atoms with E-state index in [-0.39, 0.29) is 37.6 Å². The summed E-state index contributed by atoms with van der Waals surface area (Å²) in [6.45, 7) is 14.3. The first-order chi connectivity index (χ1) is 19.9. The van der Waals surface area contributed by atoms with Crippen LogP contribution in [0.15, 0.2) is 17.0 Å². The molecule has 8 nitrogen and oxygen atoms in total. The van der Waals surface area contributed by atoms with Crippen LogP contribution in [0.5, 0.6) is 5.75 Å². The van der Waals surface area contributed by atoms with Crippen LogP contribution in [-0.2, 0) is 19.6 Å². The van der Waals surface area contributed by atoms with Crippen molar-refractivity contribution < 1.29 is 22.7 Å². The number of ether oxygens (including phenoxy) is 2. The summed E-state index contributed by atoms with van der Waals surface area (Å²) in [5, 5.41) is 0. The molecule has 0 N–H and O–H groups in total. The Morgan fingerprint density at radius 1 is 1.12 bits per heavy atom. The van der Waals surface area contributed by atoms with Crippen LogP contribution in [0, 0.1) is 24.7 Å². The highest BCUT2D eigenvalue weighted by Gasteiger charge is 2.32. The summed E-state index contributed by atoms with van der Waals surface area (Å²) in [5.74, 6) is 2.86. The molecule has 0 spiro atoms. The monoisotopic (exact) mass is 607 g/mol. The maximum absolute atomic E-state index is 13.5. The first-order valence-corrected chi connectivity index (χ1v) is 17.5. The van der Waals surface area contributed by atoms with Gasteiger partial charge in [-0.05, 0) is 106 Å². The number of aryl methyl sites for hydroxylation is 1. The minimum atomic E-state index is -3.73. The van der Waals surface area contributed by atoms with Gasteiger partial charge in [0.2, 0.25) is 15.9 Å². The zero-order chi connectivity index (χ0) is 31.0. The van der Waals surface area contributed by atoms with E-state index in [1.165, 1.54) is 49.5 Å².